The lowest BCUT2D eigenvalue weighted by Crippen LogP contribution is -2.36. The summed E-state index contributed by atoms with van der Waals surface area (Å²) in [5.74, 6) is -0.0601. The predicted molar refractivity (Wildman–Crippen MR) is 93.5 cm³/mol. The molecule has 1 aromatic heterocycles. The van der Waals surface area contributed by atoms with Crippen molar-refractivity contribution in [3.63, 3.8) is 0 Å². The van der Waals surface area contributed by atoms with Crippen LogP contribution >= 0.6 is 0 Å². The summed E-state index contributed by atoms with van der Waals surface area (Å²) in [7, 11) is 0. The summed E-state index contributed by atoms with van der Waals surface area (Å²) in [6.07, 6.45) is 2.92. The van der Waals surface area contributed by atoms with Gasteiger partial charge in [-0.25, -0.2) is 4.68 Å². The number of carbonyl (C=O) groups is 1. The number of hydrazine groups is 1. The number of rotatable bonds is 6. The highest BCUT2D eigenvalue weighted by molar-refractivity contribution is 5.77. The third-order valence-electron chi connectivity index (χ3n) is 3.58. The van der Waals surface area contributed by atoms with Crippen LogP contribution in [-0.2, 0) is 11.2 Å². The van der Waals surface area contributed by atoms with Gasteiger partial charge in [-0.15, -0.1) is 5.10 Å². The van der Waals surface area contributed by atoms with Crippen LogP contribution in [0.2, 0.25) is 0 Å². The SMILES string of the molecule is CC(=Cn1nnc2ccccc21)NNC(=O)CCc1ccccc1. The van der Waals surface area contributed by atoms with E-state index in [1.54, 1.807) is 10.9 Å². The number of para-hydroxylation sites is 1. The van der Waals surface area contributed by atoms with Crippen molar-refractivity contribution in [3.8, 4) is 0 Å². The van der Waals surface area contributed by atoms with Crippen molar-refractivity contribution in [3.05, 3.63) is 65.9 Å². The Morgan fingerprint density at radius 3 is 2.67 bits per heavy atom. The van der Waals surface area contributed by atoms with E-state index in [1.165, 1.54) is 0 Å². The number of aryl methyl sites for hydroxylation is 1. The number of amides is 1. The van der Waals surface area contributed by atoms with Gasteiger partial charge >= 0.3 is 0 Å². The molecule has 0 saturated carbocycles. The fourth-order valence-corrected chi connectivity index (χ4v) is 2.33. The highest BCUT2D eigenvalue weighted by atomic mass is 16.2. The molecule has 0 spiro atoms. The van der Waals surface area contributed by atoms with Crippen LogP contribution in [0, 0.1) is 0 Å². The van der Waals surface area contributed by atoms with Gasteiger partial charge in [-0.3, -0.25) is 10.2 Å². The molecule has 0 unspecified atom stereocenters. The zero-order valence-corrected chi connectivity index (χ0v) is 13.4. The first kappa shape index (κ1) is 15.7. The van der Waals surface area contributed by atoms with E-state index in [2.05, 4.69) is 21.2 Å². The second-order valence-electron chi connectivity index (χ2n) is 5.49. The van der Waals surface area contributed by atoms with Crippen LogP contribution < -0.4 is 10.9 Å². The van der Waals surface area contributed by atoms with Crippen LogP contribution in [0.4, 0.5) is 0 Å². The highest BCUT2D eigenvalue weighted by Gasteiger charge is 2.03. The van der Waals surface area contributed by atoms with Gasteiger partial charge in [-0.1, -0.05) is 47.7 Å². The molecule has 3 aromatic rings. The van der Waals surface area contributed by atoms with Crippen molar-refractivity contribution < 1.29 is 4.79 Å². The topological polar surface area (TPSA) is 71.8 Å². The van der Waals surface area contributed by atoms with Gasteiger partial charge in [-0.05, 0) is 31.0 Å². The number of fused-ring (bicyclic) bond motifs is 1. The van der Waals surface area contributed by atoms with Gasteiger partial charge in [0.15, 0.2) is 0 Å². The molecule has 24 heavy (non-hydrogen) atoms. The van der Waals surface area contributed by atoms with E-state index in [1.807, 2.05) is 61.5 Å². The maximum Gasteiger partial charge on any atom is 0.238 e. The molecule has 0 atom stereocenters. The summed E-state index contributed by atoms with van der Waals surface area (Å²) in [5.41, 5.74) is 9.24. The molecule has 0 fully saturated rings. The minimum absolute atomic E-state index is 0.0601. The van der Waals surface area contributed by atoms with E-state index in [9.17, 15) is 4.79 Å². The Balaban J connectivity index is 1.53. The average Bonchev–Trinajstić information content (AvgIpc) is 3.02. The summed E-state index contributed by atoms with van der Waals surface area (Å²) in [5, 5.41) is 8.16. The van der Waals surface area contributed by atoms with Crippen LogP contribution in [0.5, 0.6) is 0 Å². The van der Waals surface area contributed by atoms with Crippen LogP contribution in [-0.4, -0.2) is 20.9 Å². The summed E-state index contributed by atoms with van der Waals surface area (Å²) in [6, 6.07) is 17.6. The molecule has 1 amide bonds. The first-order valence-electron chi connectivity index (χ1n) is 7.79. The van der Waals surface area contributed by atoms with Gasteiger partial charge in [0.05, 0.1) is 11.7 Å². The lowest BCUT2D eigenvalue weighted by atomic mass is 10.1. The fourth-order valence-electron chi connectivity index (χ4n) is 2.33. The molecule has 2 N–H and O–H groups in total. The average molecular weight is 321 g/mol. The molecule has 6 nitrogen and oxygen atoms in total. The van der Waals surface area contributed by atoms with E-state index in [-0.39, 0.29) is 5.91 Å². The van der Waals surface area contributed by atoms with Crippen molar-refractivity contribution in [1.29, 1.82) is 0 Å². The van der Waals surface area contributed by atoms with Crippen molar-refractivity contribution in [2.45, 2.75) is 19.8 Å². The lowest BCUT2D eigenvalue weighted by molar-refractivity contribution is -0.121. The molecule has 0 aliphatic rings. The zero-order chi connectivity index (χ0) is 16.8. The van der Waals surface area contributed by atoms with E-state index < -0.39 is 0 Å². The van der Waals surface area contributed by atoms with Gasteiger partial charge in [0.2, 0.25) is 5.91 Å². The smallest absolute Gasteiger partial charge is 0.238 e. The summed E-state index contributed by atoms with van der Waals surface area (Å²) >= 11 is 0. The number of carbonyl (C=O) groups excluding carboxylic acids is 1. The molecule has 6 heteroatoms. The Labute approximate surface area is 140 Å². The second kappa shape index (κ2) is 7.41. The van der Waals surface area contributed by atoms with E-state index in [4.69, 9.17) is 0 Å². The molecule has 0 radical (unpaired) electrons. The van der Waals surface area contributed by atoms with Gasteiger partial charge in [0, 0.05) is 12.1 Å². The largest absolute Gasteiger partial charge is 0.301 e. The molecule has 0 saturated heterocycles. The quantitative estimate of drug-likeness (QED) is 0.684. The first-order valence-corrected chi connectivity index (χ1v) is 7.79. The minimum Gasteiger partial charge on any atom is -0.301 e. The van der Waals surface area contributed by atoms with Crippen molar-refractivity contribution >= 4 is 23.1 Å². The number of aromatic nitrogens is 3. The van der Waals surface area contributed by atoms with Crippen molar-refractivity contribution in [2.24, 2.45) is 0 Å². The van der Waals surface area contributed by atoms with Gasteiger partial charge < -0.3 is 5.43 Å². The number of hydrogen-bond donors (Lipinski definition) is 2. The zero-order valence-electron chi connectivity index (χ0n) is 13.4. The van der Waals surface area contributed by atoms with Crippen LogP contribution in [0.15, 0.2) is 60.3 Å². The van der Waals surface area contributed by atoms with E-state index in [0.717, 1.165) is 22.3 Å². The first-order chi connectivity index (χ1) is 11.7. The Morgan fingerprint density at radius 1 is 1.08 bits per heavy atom. The standard InChI is InChI=1S/C18H19N5O/c1-14(13-23-17-10-6-5-9-16(17)20-22-23)19-21-18(24)12-11-15-7-3-2-4-8-15/h2-10,13,19H,11-12H2,1H3,(H,21,24). The monoisotopic (exact) mass is 321 g/mol. The summed E-state index contributed by atoms with van der Waals surface area (Å²) in [6.45, 7) is 1.86. The van der Waals surface area contributed by atoms with Gasteiger partial charge in [-0.2, -0.15) is 0 Å². The predicted octanol–water partition coefficient (Wildman–Crippen LogP) is 2.50. The van der Waals surface area contributed by atoms with Crippen molar-refractivity contribution in [1.82, 2.24) is 25.8 Å². The molecular weight excluding hydrogens is 302 g/mol. The van der Waals surface area contributed by atoms with Crippen LogP contribution in [0.3, 0.4) is 0 Å². The Hall–Kier alpha value is -3.15. The van der Waals surface area contributed by atoms with Gasteiger partial charge in [0.25, 0.3) is 0 Å². The normalized spacial score (nSPS) is 11.5. The van der Waals surface area contributed by atoms with E-state index >= 15 is 0 Å². The van der Waals surface area contributed by atoms with Crippen LogP contribution in [0.25, 0.3) is 17.2 Å². The Morgan fingerprint density at radius 2 is 1.83 bits per heavy atom. The second-order valence-corrected chi connectivity index (χ2v) is 5.49. The molecule has 2 aromatic carbocycles. The Kier molecular flexibility index (Phi) is 4.86. The number of nitrogens with one attached hydrogen (secondary N) is 2. The van der Waals surface area contributed by atoms with E-state index in [0.29, 0.717) is 12.8 Å². The molecule has 0 aliphatic carbocycles. The molecule has 0 bridgehead atoms. The molecule has 1 heterocycles. The maximum atomic E-state index is 11.9. The molecule has 0 aliphatic heterocycles. The van der Waals surface area contributed by atoms with Crippen molar-refractivity contribution in [2.75, 3.05) is 0 Å². The number of hydrogen-bond acceptors (Lipinski definition) is 4. The number of allylic oxidation sites excluding steroid dienone is 1. The van der Waals surface area contributed by atoms with Gasteiger partial charge in [0.1, 0.15) is 5.52 Å². The summed E-state index contributed by atoms with van der Waals surface area (Å²) < 4.78 is 1.67. The highest BCUT2D eigenvalue weighted by Crippen LogP contribution is 2.10. The number of nitrogens with zero attached hydrogens (tertiary/aromatic N) is 3. The third-order valence-corrected chi connectivity index (χ3v) is 3.58. The van der Waals surface area contributed by atoms with Crippen LogP contribution in [0.1, 0.15) is 18.9 Å². The summed E-state index contributed by atoms with van der Waals surface area (Å²) in [4.78, 5) is 11.9. The molecule has 122 valence electrons. The third kappa shape index (κ3) is 3.98. The molecular formula is C18H19N5O. The maximum absolute atomic E-state index is 11.9. The molecule has 3 rings (SSSR count). The minimum atomic E-state index is -0.0601. The Bertz CT molecular complexity index is 854. The number of benzene rings is 2. The lowest BCUT2D eigenvalue weighted by Gasteiger charge is -2.09. The fraction of sp³-hybridized carbons (Fsp3) is 0.167.